The fourth-order valence-electron chi connectivity index (χ4n) is 3.62. The molecule has 2 aliphatic rings. The zero-order valence-corrected chi connectivity index (χ0v) is 20.3. The highest BCUT2D eigenvalue weighted by Gasteiger charge is 2.17. The number of aromatic nitrogens is 2. The molecule has 1 amide bonds. The third kappa shape index (κ3) is 8.14. The number of hydrogen-bond acceptors (Lipinski definition) is 8. The van der Waals surface area contributed by atoms with Crippen LogP contribution in [0.2, 0.25) is 0 Å². The normalized spacial score (nSPS) is 19.2. The zero-order chi connectivity index (χ0) is 24.4. The summed E-state index contributed by atoms with van der Waals surface area (Å²) in [5.41, 5.74) is 1.57. The Balaban J connectivity index is 1.74. The summed E-state index contributed by atoms with van der Waals surface area (Å²) < 4.78 is 35.0. The number of nitrogens with two attached hydrogens (primary N) is 1. The van der Waals surface area contributed by atoms with Gasteiger partial charge >= 0.3 is 6.09 Å². The topological polar surface area (TPSA) is 146 Å². The van der Waals surface area contributed by atoms with Crippen LogP contribution in [-0.4, -0.2) is 44.2 Å². The molecule has 4 rings (SSSR count). The number of carbonyl (C=O) groups is 1. The van der Waals surface area contributed by atoms with Crippen LogP contribution in [0, 0.1) is 0 Å². The van der Waals surface area contributed by atoms with Gasteiger partial charge in [0, 0.05) is 30.7 Å². The van der Waals surface area contributed by atoms with Gasteiger partial charge in [0.05, 0.1) is 13.2 Å². The molecule has 0 saturated heterocycles. The van der Waals surface area contributed by atoms with Gasteiger partial charge in [-0.1, -0.05) is 26.2 Å². The number of rotatable bonds is 1. The molecule has 1 aromatic carbocycles. The number of nitrogens with zero attached hydrogens (tertiary/aromatic N) is 2. The third-order valence-electron chi connectivity index (χ3n) is 5.61. The lowest BCUT2D eigenvalue weighted by molar-refractivity contribution is 0.143. The number of fused-ring (bicyclic) bond motifs is 16. The Bertz CT molecular complexity index is 1050. The number of alkyl carbamates (subject to hydrolysis) is 1. The van der Waals surface area contributed by atoms with Crippen molar-refractivity contribution in [2.45, 2.75) is 62.7 Å². The summed E-state index contributed by atoms with van der Waals surface area (Å²) in [4.78, 5) is 20.5. The minimum Gasteiger partial charge on any atom is -0.492 e. The molecule has 0 spiro atoms. The molecule has 1 aromatic heterocycles. The van der Waals surface area contributed by atoms with E-state index in [-0.39, 0.29) is 22.7 Å². The second kappa shape index (κ2) is 12.5. The van der Waals surface area contributed by atoms with Crippen LogP contribution in [0.25, 0.3) is 0 Å². The Morgan fingerprint density at radius 1 is 1.00 bits per heavy atom. The predicted octanol–water partition coefficient (Wildman–Crippen LogP) is 3.82. The second-order valence-corrected chi connectivity index (χ2v) is 9.92. The number of sulfonamides is 1. The summed E-state index contributed by atoms with van der Waals surface area (Å²) in [6.45, 7) is 3.38. The highest BCUT2D eigenvalue weighted by molar-refractivity contribution is 7.89. The van der Waals surface area contributed by atoms with E-state index >= 15 is 0 Å². The number of nitrogens with one attached hydrogen (secondary N) is 2. The summed E-state index contributed by atoms with van der Waals surface area (Å²) in [5.74, 6) is 0.777. The van der Waals surface area contributed by atoms with Gasteiger partial charge < -0.3 is 20.1 Å². The highest BCUT2D eigenvalue weighted by Crippen LogP contribution is 2.28. The van der Waals surface area contributed by atoms with Gasteiger partial charge in [-0.05, 0) is 49.3 Å². The molecule has 2 aromatic rings. The standard InChI is InChI=1S/C23H33N5O5S/c1-17-8-7-13-33-23(29)25-11-5-3-2-4-6-12-32-20-14-19(9-10-21(20)34(24,30)31)28-22-26-15-18(17)16-27-22/h9-10,14-17H,2-8,11-13H2,1H3,(H,25,29)(H2,24,30,31)(H,26,27,28)/t17-/m0/s1. The average molecular weight is 492 g/mol. The molecule has 2 aliphatic heterocycles. The molecule has 0 aliphatic carbocycles. The van der Waals surface area contributed by atoms with Crippen molar-refractivity contribution in [1.82, 2.24) is 15.3 Å². The number of anilines is 2. The van der Waals surface area contributed by atoms with Crippen molar-refractivity contribution in [3.8, 4) is 5.75 Å². The van der Waals surface area contributed by atoms with Crippen molar-refractivity contribution in [2.24, 2.45) is 5.14 Å². The summed E-state index contributed by atoms with van der Waals surface area (Å²) in [5, 5.41) is 11.2. The first-order valence-corrected chi connectivity index (χ1v) is 13.2. The fourth-order valence-corrected chi connectivity index (χ4v) is 4.28. The smallest absolute Gasteiger partial charge is 0.407 e. The Labute approximate surface area is 200 Å². The Hall–Kier alpha value is -2.92. The first-order chi connectivity index (χ1) is 16.3. The molecule has 34 heavy (non-hydrogen) atoms. The first kappa shape index (κ1) is 25.7. The maximum Gasteiger partial charge on any atom is 0.407 e. The van der Waals surface area contributed by atoms with Crippen molar-refractivity contribution in [1.29, 1.82) is 0 Å². The first-order valence-electron chi connectivity index (χ1n) is 11.6. The average Bonchev–Trinajstić information content (AvgIpc) is 2.80. The summed E-state index contributed by atoms with van der Waals surface area (Å²) in [6.07, 6.45) is 9.19. The molecular formula is C23H33N5O5S. The number of carbonyl (C=O) groups excluding carboxylic acids is 1. The quantitative estimate of drug-likeness (QED) is 0.546. The molecule has 4 N–H and O–H groups in total. The van der Waals surface area contributed by atoms with Crippen LogP contribution in [0.5, 0.6) is 5.75 Å². The molecule has 11 heteroatoms. The monoisotopic (exact) mass is 491 g/mol. The molecule has 0 radical (unpaired) electrons. The van der Waals surface area contributed by atoms with E-state index in [4.69, 9.17) is 14.6 Å². The summed E-state index contributed by atoms with van der Waals surface area (Å²) >= 11 is 0. The molecule has 4 bridgehead atoms. The van der Waals surface area contributed by atoms with Gasteiger partial charge in [0.25, 0.3) is 0 Å². The maximum absolute atomic E-state index is 12.0. The molecule has 3 heterocycles. The van der Waals surface area contributed by atoms with Crippen LogP contribution in [0.4, 0.5) is 16.4 Å². The van der Waals surface area contributed by atoms with Crippen molar-refractivity contribution < 1.29 is 22.7 Å². The minimum atomic E-state index is -3.93. The summed E-state index contributed by atoms with van der Waals surface area (Å²) in [6, 6.07) is 4.61. The van der Waals surface area contributed by atoms with E-state index in [0.29, 0.717) is 31.4 Å². The predicted molar refractivity (Wildman–Crippen MR) is 129 cm³/mol. The maximum atomic E-state index is 12.0. The van der Waals surface area contributed by atoms with E-state index in [1.165, 1.54) is 6.07 Å². The van der Waals surface area contributed by atoms with E-state index < -0.39 is 10.0 Å². The van der Waals surface area contributed by atoms with Gasteiger partial charge in [0.15, 0.2) is 0 Å². The molecule has 0 unspecified atom stereocenters. The lowest BCUT2D eigenvalue weighted by atomic mass is 9.99. The van der Waals surface area contributed by atoms with E-state index in [0.717, 1.165) is 50.5 Å². The zero-order valence-electron chi connectivity index (χ0n) is 19.5. The second-order valence-electron chi connectivity index (χ2n) is 8.39. The SMILES string of the molecule is C[C@H]1CCCOC(=O)NCCCCCCCOc2cc(ccc2S(N)(=O)=O)Nc2ncc1cn2. The van der Waals surface area contributed by atoms with E-state index in [2.05, 4.69) is 27.5 Å². The number of benzene rings is 1. The van der Waals surface area contributed by atoms with Gasteiger partial charge in [-0.2, -0.15) is 0 Å². The van der Waals surface area contributed by atoms with Crippen molar-refractivity contribution >= 4 is 27.8 Å². The number of hydrogen-bond donors (Lipinski definition) is 3. The third-order valence-corrected chi connectivity index (χ3v) is 6.56. The van der Waals surface area contributed by atoms with E-state index in [1.807, 2.05) is 0 Å². The summed E-state index contributed by atoms with van der Waals surface area (Å²) in [7, 11) is -3.93. The van der Waals surface area contributed by atoms with Crippen LogP contribution in [0.3, 0.4) is 0 Å². The lowest BCUT2D eigenvalue weighted by Crippen LogP contribution is -2.25. The number of ether oxygens (including phenoxy) is 2. The number of amides is 1. The Morgan fingerprint density at radius 2 is 1.71 bits per heavy atom. The van der Waals surface area contributed by atoms with Gasteiger partial charge in [-0.3, -0.25) is 0 Å². The van der Waals surface area contributed by atoms with E-state index in [9.17, 15) is 13.2 Å². The van der Waals surface area contributed by atoms with Crippen molar-refractivity contribution in [3.63, 3.8) is 0 Å². The van der Waals surface area contributed by atoms with Crippen LogP contribution in [-0.2, 0) is 14.8 Å². The molecule has 186 valence electrons. The molecule has 10 nitrogen and oxygen atoms in total. The molecule has 0 saturated carbocycles. The lowest BCUT2D eigenvalue weighted by Gasteiger charge is -2.14. The van der Waals surface area contributed by atoms with Crippen LogP contribution in [0.15, 0.2) is 35.5 Å². The molecular weight excluding hydrogens is 458 g/mol. The Morgan fingerprint density at radius 3 is 2.47 bits per heavy atom. The van der Waals surface area contributed by atoms with Gasteiger partial charge in [-0.25, -0.2) is 28.3 Å². The van der Waals surface area contributed by atoms with E-state index in [1.54, 1.807) is 24.5 Å². The Kier molecular flexibility index (Phi) is 9.46. The van der Waals surface area contributed by atoms with Crippen LogP contribution >= 0.6 is 0 Å². The van der Waals surface area contributed by atoms with Crippen LogP contribution in [0.1, 0.15) is 63.4 Å². The van der Waals surface area contributed by atoms with Crippen molar-refractivity contribution in [2.75, 3.05) is 25.1 Å². The van der Waals surface area contributed by atoms with Gasteiger partial charge in [-0.15, -0.1) is 0 Å². The molecule has 0 fully saturated rings. The van der Waals surface area contributed by atoms with Crippen LogP contribution < -0.4 is 20.5 Å². The highest BCUT2D eigenvalue weighted by atomic mass is 32.2. The largest absolute Gasteiger partial charge is 0.492 e. The van der Waals surface area contributed by atoms with Gasteiger partial charge in [0.1, 0.15) is 10.6 Å². The fraction of sp³-hybridized carbons (Fsp3) is 0.522. The molecule has 1 atom stereocenters. The number of primary sulfonamides is 1. The van der Waals surface area contributed by atoms with Crippen molar-refractivity contribution in [3.05, 3.63) is 36.2 Å². The van der Waals surface area contributed by atoms with Gasteiger partial charge in [0.2, 0.25) is 16.0 Å². The minimum absolute atomic E-state index is 0.0633.